The van der Waals surface area contributed by atoms with E-state index in [0.717, 1.165) is 48.9 Å². The first-order valence-electron chi connectivity index (χ1n) is 10.6. The van der Waals surface area contributed by atoms with Crippen molar-refractivity contribution in [2.45, 2.75) is 57.9 Å². The monoisotopic (exact) mass is 394 g/mol. The number of halogens is 1. The third-order valence-electron chi connectivity index (χ3n) is 5.66. The van der Waals surface area contributed by atoms with Crippen LogP contribution in [0, 0.1) is 5.82 Å². The van der Waals surface area contributed by atoms with Crippen molar-refractivity contribution in [1.82, 2.24) is 9.88 Å². The van der Waals surface area contributed by atoms with E-state index in [4.69, 9.17) is 9.40 Å². The highest BCUT2D eigenvalue weighted by Gasteiger charge is 2.33. The van der Waals surface area contributed by atoms with E-state index in [0.29, 0.717) is 17.9 Å². The van der Waals surface area contributed by atoms with Crippen LogP contribution >= 0.6 is 0 Å². The molecule has 2 heterocycles. The SMILES string of the molecule is CCCCCCC(=O)N1CCCC1c1nc2cc(-c3cccc(F)c3)ccc2o1. The highest BCUT2D eigenvalue weighted by Crippen LogP contribution is 2.35. The average molecular weight is 394 g/mol. The number of hydrogen-bond acceptors (Lipinski definition) is 3. The predicted molar refractivity (Wildman–Crippen MR) is 112 cm³/mol. The number of carbonyl (C=O) groups excluding carboxylic acids is 1. The molecule has 0 bridgehead atoms. The number of unbranched alkanes of at least 4 members (excludes halogenated alkanes) is 3. The molecule has 0 N–H and O–H groups in total. The molecule has 1 saturated heterocycles. The van der Waals surface area contributed by atoms with E-state index in [1.807, 2.05) is 29.2 Å². The summed E-state index contributed by atoms with van der Waals surface area (Å²) in [6.07, 6.45) is 6.84. The van der Waals surface area contributed by atoms with Crippen molar-refractivity contribution >= 4 is 17.0 Å². The topological polar surface area (TPSA) is 46.3 Å². The van der Waals surface area contributed by atoms with E-state index in [-0.39, 0.29) is 17.8 Å². The summed E-state index contributed by atoms with van der Waals surface area (Å²) in [7, 11) is 0. The van der Waals surface area contributed by atoms with Gasteiger partial charge >= 0.3 is 0 Å². The van der Waals surface area contributed by atoms with E-state index in [1.54, 1.807) is 6.07 Å². The van der Waals surface area contributed by atoms with Crippen LogP contribution in [0.1, 0.15) is 63.8 Å². The maximum absolute atomic E-state index is 13.6. The second-order valence-corrected chi connectivity index (χ2v) is 7.80. The average Bonchev–Trinajstić information content (AvgIpc) is 3.37. The van der Waals surface area contributed by atoms with Crippen molar-refractivity contribution in [3.8, 4) is 11.1 Å². The summed E-state index contributed by atoms with van der Waals surface area (Å²) in [6, 6.07) is 12.1. The Balaban J connectivity index is 1.53. The number of nitrogens with zero attached hydrogens (tertiary/aromatic N) is 2. The maximum atomic E-state index is 13.6. The molecule has 4 rings (SSSR count). The lowest BCUT2D eigenvalue weighted by atomic mass is 10.1. The molecule has 0 radical (unpaired) electrons. The van der Waals surface area contributed by atoms with Crippen LogP contribution in [-0.2, 0) is 4.79 Å². The first-order valence-corrected chi connectivity index (χ1v) is 10.6. The quantitative estimate of drug-likeness (QED) is 0.444. The summed E-state index contributed by atoms with van der Waals surface area (Å²) in [5.41, 5.74) is 3.14. The summed E-state index contributed by atoms with van der Waals surface area (Å²) in [6.45, 7) is 2.94. The highest BCUT2D eigenvalue weighted by molar-refractivity contribution is 5.81. The van der Waals surface area contributed by atoms with Crippen LogP contribution < -0.4 is 0 Å². The molecular formula is C24H27FN2O2. The number of hydrogen-bond donors (Lipinski definition) is 0. The largest absolute Gasteiger partial charge is 0.438 e. The first-order chi connectivity index (χ1) is 14.2. The fourth-order valence-corrected chi connectivity index (χ4v) is 4.10. The predicted octanol–water partition coefficient (Wildman–Crippen LogP) is 6.27. The van der Waals surface area contributed by atoms with Crippen molar-refractivity contribution in [2.24, 2.45) is 0 Å². The fraction of sp³-hybridized carbons (Fsp3) is 0.417. The van der Waals surface area contributed by atoms with Gasteiger partial charge in [0.25, 0.3) is 0 Å². The zero-order valence-electron chi connectivity index (χ0n) is 16.9. The van der Waals surface area contributed by atoms with Crippen LogP contribution in [0.25, 0.3) is 22.2 Å². The van der Waals surface area contributed by atoms with Gasteiger partial charge in [-0.25, -0.2) is 9.37 Å². The summed E-state index contributed by atoms with van der Waals surface area (Å²) in [4.78, 5) is 19.3. The van der Waals surface area contributed by atoms with E-state index >= 15 is 0 Å². The van der Waals surface area contributed by atoms with E-state index < -0.39 is 0 Å². The molecule has 3 aromatic rings. The third kappa shape index (κ3) is 4.34. The van der Waals surface area contributed by atoms with Gasteiger partial charge < -0.3 is 9.32 Å². The normalized spacial score (nSPS) is 16.6. The molecule has 5 heteroatoms. The Morgan fingerprint density at radius 1 is 1.17 bits per heavy atom. The molecule has 1 atom stereocenters. The molecule has 4 nitrogen and oxygen atoms in total. The number of benzene rings is 2. The second-order valence-electron chi connectivity index (χ2n) is 7.80. The third-order valence-corrected chi connectivity index (χ3v) is 5.66. The highest BCUT2D eigenvalue weighted by atomic mass is 19.1. The van der Waals surface area contributed by atoms with Crippen molar-refractivity contribution in [3.63, 3.8) is 0 Å². The van der Waals surface area contributed by atoms with Gasteiger partial charge in [0.05, 0.1) is 0 Å². The van der Waals surface area contributed by atoms with Gasteiger partial charge in [-0.2, -0.15) is 0 Å². The minimum absolute atomic E-state index is 0.0845. The Bertz CT molecular complexity index is 997. The van der Waals surface area contributed by atoms with Crippen LogP contribution in [0.15, 0.2) is 46.9 Å². The van der Waals surface area contributed by atoms with Crippen LogP contribution in [0.3, 0.4) is 0 Å². The molecule has 1 amide bonds. The van der Waals surface area contributed by atoms with Crippen LogP contribution in [0.5, 0.6) is 0 Å². The van der Waals surface area contributed by atoms with Gasteiger partial charge in [0.2, 0.25) is 11.8 Å². The Kier molecular flexibility index (Phi) is 5.93. The number of carbonyl (C=O) groups is 1. The first kappa shape index (κ1) is 19.6. The molecule has 0 aliphatic carbocycles. The number of oxazole rings is 1. The van der Waals surface area contributed by atoms with Gasteiger partial charge in [-0.05, 0) is 54.7 Å². The van der Waals surface area contributed by atoms with Gasteiger partial charge in [-0.1, -0.05) is 44.4 Å². The van der Waals surface area contributed by atoms with Crippen molar-refractivity contribution in [3.05, 3.63) is 54.2 Å². The molecule has 1 aromatic heterocycles. The standard InChI is InChI=1S/C24H27FN2O2/c1-2-3-4-5-11-23(28)27-14-7-10-21(27)24-26-20-16-18(12-13-22(20)29-24)17-8-6-9-19(25)15-17/h6,8-9,12-13,15-16,21H,2-5,7,10-11,14H2,1H3. The number of rotatable bonds is 7. The lowest BCUT2D eigenvalue weighted by Gasteiger charge is -2.22. The van der Waals surface area contributed by atoms with Gasteiger partial charge in [-0.15, -0.1) is 0 Å². The molecule has 1 aliphatic heterocycles. The van der Waals surface area contributed by atoms with Gasteiger partial charge in [0, 0.05) is 13.0 Å². The van der Waals surface area contributed by atoms with Crippen LogP contribution in [0.4, 0.5) is 4.39 Å². The van der Waals surface area contributed by atoms with Crippen LogP contribution in [-0.4, -0.2) is 22.3 Å². The molecule has 0 spiro atoms. The molecule has 1 fully saturated rings. The summed E-state index contributed by atoms with van der Waals surface area (Å²) < 4.78 is 19.6. The van der Waals surface area contributed by atoms with E-state index in [2.05, 4.69) is 6.92 Å². The summed E-state index contributed by atoms with van der Waals surface area (Å²) >= 11 is 0. The molecular weight excluding hydrogens is 367 g/mol. The smallest absolute Gasteiger partial charge is 0.223 e. The number of likely N-dealkylation sites (tertiary alicyclic amines) is 1. The number of aromatic nitrogens is 1. The Morgan fingerprint density at radius 2 is 2.03 bits per heavy atom. The Hall–Kier alpha value is -2.69. The maximum Gasteiger partial charge on any atom is 0.223 e. The Morgan fingerprint density at radius 3 is 2.86 bits per heavy atom. The Labute approximate surface area is 170 Å². The van der Waals surface area contributed by atoms with E-state index in [9.17, 15) is 9.18 Å². The van der Waals surface area contributed by atoms with Crippen LogP contribution in [0.2, 0.25) is 0 Å². The number of fused-ring (bicyclic) bond motifs is 1. The van der Waals surface area contributed by atoms with Gasteiger partial charge in [0.15, 0.2) is 5.58 Å². The molecule has 29 heavy (non-hydrogen) atoms. The minimum Gasteiger partial charge on any atom is -0.438 e. The molecule has 2 aromatic carbocycles. The van der Waals surface area contributed by atoms with E-state index in [1.165, 1.54) is 25.0 Å². The lowest BCUT2D eigenvalue weighted by Crippen LogP contribution is -2.30. The van der Waals surface area contributed by atoms with Crippen molar-refractivity contribution in [2.75, 3.05) is 6.54 Å². The number of amides is 1. The van der Waals surface area contributed by atoms with Crippen molar-refractivity contribution in [1.29, 1.82) is 0 Å². The second kappa shape index (κ2) is 8.76. The zero-order valence-corrected chi connectivity index (χ0v) is 16.9. The molecule has 0 saturated carbocycles. The molecule has 1 aliphatic rings. The minimum atomic E-state index is -0.262. The van der Waals surface area contributed by atoms with Gasteiger partial charge in [0.1, 0.15) is 17.4 Å². The van der Waals surface area contributed by atoms with Gasteiger partial charge in [-0.3, -0.25) is 4.79 Å². The molecule has 152 valence electrons. The molecule has 1 unspecified atom stereocenters. The summed E-state index contributed by atoms with van der Waals surface area (Å²) in [5.74, 6) is 0.546. The van der Waals surface area contributed by atoms with Crippen molar-refractivity contribution < 1.29 is 13.6 Å². The lowest BCUT2D eigenvalue weighted by molar-refractivity contribution is -0.132. The fourth-order valence-electron chi connectivity index (χ4n) is 4.10. The zero-order chi connectivity index (χ0) is 20.2. The summed E-state index contributed by atoms with van der Waals surface area (Å²) in [5, 5.41) is 0.